The lowest BCUT2D eigenvalue weighted by atomic mass is 9.95. The molecule has 2 fully saturated rings. The third kappa shape index (κ3) is 5.08. The molecular weight excluding hydrogens is 430 g/mol. The van der Waals surface area contributed by atoms with Gasteiger partial charge >= 0.3 is 0 Å². The van der Waals surface area contributed by atoms with Gasteiger partial charge in [0.15, 0.2) is 0 Å². The Morgan fingerprint density at radius 3 is 2.09 bits per heavy atom. The Hall–Kier alpha value is -3.35. The average Bonchev–Trinajstić information content (AvgIpc) is 2.88. The Kier molecular flexibility index (Phi) is 7.20. The molecule has 3 amide bonds. The summed E-state index contributed by atoms with van der Waals surface area (Å²) in [5.41, 5.74) is 3.36. The predicted octanol–water partition coefficient (Wildman–Crippen LogP) is 3.15. The lowest BCUT2D eigenvalue weighted by Gasteiger charge is -2.39. The minimum absolute atomic E-state index is 0.0126. The molecule has 2 aliphatic heterocycles. The van der Waals surface area contributed by atoms with Gasteiger partial charge in [0.1, 0.15) is 5.75 Å². The topological polar surface area (TPSA) is 70.2 Å². The highest BCUT2D eigenvalue weighted by Gasteiger charge is 2.33. The molecular formula is C27H33N3O4. The molecule has 1 atom stereocenters. The van der Waals surface area contributed by atoms with Gasteiger partial charge < -0.3 is 19.4 Å². The molecule has 7 nitrogen and oxygen atoms in total. The van der Waals surface area contributed by atoms with Crippen molar-refractivity contribution in [3.05, 3.63) is 64.7 Å². The van der Waals surface area contributed by atoms with Crippen molar-refractivity contribution in [2.75, 3.05) is 46.4 Å². The van der Waals surface area contributed by atoms with E-state index in [-0.39, 0.29) is 23.6 Å². The van der Waals surface area contributed by atoms with E-state index in [0.717, 1.165) is 24.0 Å². The number of piperazine rings is 1. The van der Waals surface area contributed by atoms with Crippen LogP contribution in [0.5, 0.6) is 5.75 Å². The van der Waals surface area contributed by atoms with Crippen molar-refractivity contribution in [2.24, 2.45) is 5.92 Å². The third-order valence-corrected chi connectivity index (χ3v) is 6.89. The van der Waals surface area contributed by atoms with Crippen molar-refractivity contribution in [3.8, 4) is 5.75 Å². The summed E-state index contributed by atoms with van der Waals surface area (Å²) in [6, 6.07) is 13.1. The second-order valence-electron chi connectivity index (χ2n) is 9.26. The van der Waals surface area contributed by atoms with E-state index >= 15 is 0 Å². The molecule has 2 saturated heterocycles. The second kappa shape index (κ2) is 10.3. The number of piperidine rings is 1. The molecule has 2 heterocycles. The first-order chi connectivity index (χ1) is 16.4. The van der Waals surface area contributed by atoms with Crippen LogP contribution in [-0.4, -0.2) is 78.8 Å². The lowest BCUT2D eigenvalue weighted by molar-refractivity contribution is -0.138. The normalized spacial score (nSPS) is 18.6. The maximum atomic E-state index is 13.2. The number of rotatable bonds is 4. The zero-order valence-electron chi connectivity index (χ0n) is 20.3. The SMILES string of the molecule is COc1cc(C(=O)N2CCN(C(=O)C3CCCN(C(=O)c4ccc(C)cc4)C3)CC2)ccc1C. The number of carbonyl (C=O) groups excluding carboxylic acids is 3. The Morgan fingerprint density at radius 2 is 1.41 bits per heavy atom. The molecule has 0 spiro atoms. The van der Waals surface area contributed by atoms with Gasteiger partial charge in [-0.25, -0.2) is 0 Å². The van der Waals surface area contributed by atoms with E-state index in [1.807, 2.05) is 55.1 Å². The van der Waals surface area contributed by atoms with Crippen LogP contribution < -0.4 is 4.74 Å². The van der Waals surface area contributed by atoms with Crippen LogP contribution in [0.25, 0.3) is 0 Å². The van der Waals surface area contributed by atoms with E-state index in [9.17, 15) is 14.4 Å². The summed E-state index contributed by atoms with van der Waals surface area (Å²) in [6.07, 6.45) is 1.61. The van der Waals surface area contributed by atoms with E-state index in [2.05, 4.69) is 0 Å². The summed E-state index contributed by atoms with van der Waals surface area (Å²) in [4.78, 5) is 44.6. The molecule has 0 bridgehead atoms. The minimum Gasteiger partial charge on any atom is -0.496 e. The number of benzene rings is 2. The van der Waals surface area contributed by atoms with Crippen molar-refractivity contribution in [1.29, 1.82) is 0 Å². The zero-order valence-corrected chi connectivity index (χ0v) is 20.3. The number of hydrogen-bond acceptors (Lipinski definition) is 4. The Bertz CT molecular complexity index is 1060. The number of amides is 3. The molecule has 4 rings (SSSR count). The maximum Gasteiger partial charge on any atom is 0.254 e. The van der Waals surface area contributed by atoms with Crippen LogP contribution in [0.3, 0.4) is 0 Å². The van der Waals surface area contributed by atoms with Gasteiger partial charge in [-0.15, -0.1) is 0 Å². The Morgan fingerprint density at radius 1 is 0.794 bits per heavy atom. The number of hydrogen-bond donors (Lipinski definition) is 0. The maximum absolute atomic E-state index is 13.2. The van der Waals surface area contributed by atoms with Gasteiger partial charge in [-0.1, -0.05) is 23.8 Å². The summed E-state index contributed by atoms with van der Waals surface area (Å²) >= 11 is 0. The first-order valence-corrected chi connectivity index (χ1v) is 12.0. The molecule has 34 heavy (non-hydrogen) atoms. The molecule has 2 aromatic carbocycles. The van der Waals surface area contributed by atoms with Gasteiger partial charge in [-0.05, 0) is 56.5 Å². The molecule has 7 heteroatoms. The average molecular weight is 464 g/mol. The largest absolute Gasteiger partial charge is 0.496 e. The Balaban J connectivity index is 1.33. The Labute approximate surface area is 201 Å². The predicted molar refractivity (Wildman–Crippen MR) is 130 cm³/mol. The highest BCUT2D eigenvalue weighted by Crippen LogP contribution is 2.23. The zero-order chi connectivity index (χ0) is 24.2. The van der Waals surface area contributed by atoms with Crippen molar-refractivity contribution >= 4 is 17.7 Å². The van der Waals surface area contributed by atoms with Gasteiger partial charge in [-0.3, -0.25) is 14.4 Å². The fourth-order valence-electron chi connectivity index (χ4n) is 4.77. The van der Waals surface area contributed by atoms with E-state index < -0.39 is 0 Å². The number of methoxy groups -OCH3 is 1. The fraction of sp³-hybridized carbons (Fsp3) is 0.444. The standard InChI is InChI=1S/C27H33N3O4/c1-19-6-9-21(10-7-19)25(31)30-12-4-5-23(18-30)27(33)29-15-13-28(14-16-29)26(32)22-11-8-20(2)24(17-22)34-3/h6-11,17,23H,4-5,12-16,18H2,1-3H3. The number of ether oxygens (including phenoxy) is 1. The molecule has 0 aliphatic carbocycles. The molecule has 1 unspecified atom stereocenters. The van der Waals surface area contributed by atoms with E-state index in [4.69, 9.17) is 4.74 Å². The summed E-state index contributed by atoms with van der Waals surface area (Å²) in [6.45, 7) is 7.09. The smallest absolute Gasteiger partial charge is 0.254 e. The van der Waals surface area contributed by atoms with Gasteiger partial charge in [0.05, 0.1) is 13.0 Å². The van der Waals surface area contributed by atoms with Crippen molar-refractivity contribution in [1.82, 2.24) is 14.7 Å². The van der Waals surface area contributed by atoms with E-state index in [1.165, 1.54) is 0 Å². The number of nitrogens with zero attached hydrogens (tertiary/aromatic N) is 3. The summed E-state index contributed by atoms with van der Waals surface area (Å²) in [7, 11) is 1.60. The van der Waals surface area contributed by atoms with Gasteiger partial charge in [0.2, 0.25) is 5.91 Å². The van der Waals surface area contributed by atoms with Crippen molar-refractivity contribution in [2.45, 2.75) is 26.7 Å². The van der Waals surface area contributed by atoms with Gasteiger partial charge in [-0.2, -0.15) is 0 Å². The van der Waals surface area contributed by atoms with E-state index in [0.29, 0.717) is 56.1 Å². The first kappa shape index (κ1) is 23.8. The quantitative estimate of drug-likeness (QED) is 0.699. The highest BCUT2D eigenvalue weighted by atomic mass is 16.5. The van der Waals surface area contributed by atoms with Gasteiger partial charge in [0.25, 0.3) is 11.8 Å². The summed E-state index contributed by atoms with van der Waals surface area (Å²) in [5, 5.41) is 0. The summed E-state index contributed by atoms with van der Waals surface area (Å²) in [5.74, 6) is 0.540. The molecule has 0 aromatic heterocycles. The van der Waals surface area contributed by atoms with Crippen LogP contribution in [0.1, 0.15) is 44.7 Å². The third-order valence-electron chi connectivity index (χ3n) is 6.89. The molecule has 2 aromatic rings. The van der Waals surface area contributed by atoms with Crippen LogP contribution in [0, 0.1) is 19.8 Å². The number of likely N-dealkylation sites (tertiary alicyclic amines) is 1. The van der Waals surface area contributed by atoms with Crippen LogP contribution >= 0.6 is 0 Å². The molecule has 180 valence electrons. The number of aryl methyl sites for hydroxylation is 2. The van der Waals surface area contributed by atoms with Gasteiger partial charge in [0, 0.05) is 50.4 Å². The highest BCUT2D eigenvalue weighted by molar-refractivity contribution is 5.95. The minimum atomic E-state index is -0.188. The second-order valence-corrected chi connectivity index (χ2v) is 9.26. The van der Waals surface area contributed by atoms with Crippen molar-refractivity contribution < 1.29 is 19.1 Å². The van der Waals surface area contributed by atoms with Crippen molar-refractivity contribution in [3.63, 3.8) is 0 Å². The number of carbonyl (C=O) groups is 3. The summed E-state index contributed by atoms with van der Waals surface area (Å²) < 4.78 is 5.35. The lowest BCUT2D eigenvalue weighted by Crippen LogP contribution is -2.54. The molecule has 2 aliphatic rings. The molecule has 0 radical (unpaired) electrons. The van der Waals surface area contributed by atoms with Crippen LogP contribution in [0.4, 0.5) is 0 Å². The fourth-order valence-corrected chi connectivity index (χ4v) is 4.77. The van der Waals surface area contributed by atoms with Crippen LogP contribution in [-0.2, 0) is 4.79 Å². The van der Waals surface area contributed by atoms with Crippen LogP contribution in [0.2, 0.25) is 0 Å². The first-order valence-electron chi connectivity index (χ1n) is 12.0. The molecule has 0 N–H and O–H groups in total. The molecule has 0 saturated carbocycles. The monoisotopic (exact) mass is 463 g/mol. The van der Waals surface area contributed by atoms with E-state index in [1.54, 1.807) is 23.0 Å². The van der Waals surface area contributed by atoms with Crippen LogP contribution in [0.15, 0.2) is 42.5 Å².